The number of hydrogen-bond donors (Lipinski definition) is 3. The summed E-state index contributed by atoms with van der Waals surface area (Å²) in [7, 11) is 0. The van der Waals surface area contributed by atoms with Gasteiger partial charge in [-0.15, -0.1) is 0 Å². The molecule has 1 saturated heterocycles. The number of nitrogens with two attached hydrogens (primary N) is 1. The molecule has 4 fully saturated rings. The van der Waals surface area contributed by atoms with Gasteiger partial charge >= 0.3 is 0 Å². The topological polar surface area (TPSA) is 119 Å². The third-order valence-electron chi connectivity index (χ3n) is 12.1. The van der Waals surface area contributed by atoms with E-state index in [1.165, 1.54) is 12.2 Å². The Balaban J connectivity index is 1.20. The van der Waals surface area contributed by atoms with Gasteiger partial charge in [0, 0.05) is 33.9 Å². The van der Waals surface area contributed by atoms with E-state index in [1.54, 1.807) is 13.0 Å². The van der Waals surface area contributed by atoms with E-state index in [-0.39, 0.29) is 24.0 Å². The van der Waals surface area contributed by atoms with Crippen molar-refractivity contribution in [1.82, 2.24) is 0 Å². The number of nitrogen functional groups attached to an aromatic ring is 1. The molecule has 0 aromatic heterocycles. The molecule has 3 saturated carbocycles. The molecule has 0 radical (unpaired) electrons. The van der Waals surface area contributed by atoms with Gasteiger partial charge in [-0.1, -0.05) is 61.9 Å². The number of alkyl halides is 1. The maximum atomic E-state index is 17.6. The number of Topliss-reactive ketones (excluding diaryl/α,β-unsaturated/α-hetero) is 1. The number of hydrogen-bond acceptors (Lipinski definition) is 7. The first-order chi connectivity index (χ1) is 20.9. The van der Waals surface area contributed by atoms with E-state index in [9.17, 15) is 19.8 Å². The number of anilines is 1. The second-order valence-corrected chi connectivity index (χ2v) is 14.0. The van der Waals surface area contributed by atoms with E-state index in [2.05, 4.69) is 6.92 Å². The van der Waals surface area contributed by atoms with Gasteiger partial charge < -0.3 is 25.4 Å². The Kier molecular flexibility index (Phi) is 6.66. The lowest BCUT2D eigenvalue weighted by Crippen LogP contribution is -2.69. The third kappa shape index (κ3) is 3.74. The molecule has 10 atom stereocenters. The van der Waals surface area contributed by atoms with E-state index in [0.29, 0.717) is 30.5 Å². The predicted octanol–water partition coefficient (Wildman–Crippen LogP) is 5.12. The fourth-order valence-corrected chi connectivity index (χ4v) is 9.68. The summed E-state index contributed by atoms with van der Waals surface area (Å²) >= 11 is 0. The van der Waals surface area contributed by atoms with Gasteiger partial charge in [0.15, 0.2) is 29.1 Å². The second kappa shape index (κ2) is 9.91. The highest BCUT2D eigenvalue weighted by Crippen LogP contribution is 2.72. The summed E-state index contributed by atoms with van der Waals surface area (Å²) in [4.78, 5) is 25.9. The first kappa shape index (κ1) is 29.5. The van der Waals surface area contributed by atoms with Gasteiger partial charge in [-0.25, -0.2) is 4.39 Å². The summed E-state index contributed by atoms with van der Waals surface area (Å²) in [6, 6.07) is 15.7. The van der Waals surface area contributed by atoms with Crippen LogP contribution < -0.4 is 5.73 Å². The summed E-state index contributed by atoms with van der Waals surface area (Å²) in [6.45, 7) is 5.02. The Bertz CT molecular complexity index is 1590. The van der Waals surface area contributed by atoms with Crippen LogP contribution in [0.4, 0.5) is 10.1 Å². The Morgan fingerprint density at radius 2 is 1.89 bits per heavy atom. The highest BCUT2D eigenvalue weighted by atomic mass is 19.1. The number of halogens is 1. The molecule has 5 aliphatic rings. The number of aliphatic hydroxyl groups excluding tert-OH is 2. The summed E-state index contributed by atoms with van der Waals surface area (Å²) in [5, 5.41) is 21.9. The van der Waals surface area contributed by atoms with Crippen molar-refractivity contribution in [2.75, 3.05) is 12.3 Å². The maximum absolute atomic E-state index is 17.6. The minimum Gasteiger partial charge on any atom is -0.399 e. The molecule has 7 nitrogen and oxygen atoms in total. The largest absolute Gasteiger partial charge is 0.399 e. The molecule has 8 heteroatoms. The highest BCUT2D eigenvalue weighted by Gasteiger charge is 2.79. The van der Waals surface area contributed by atoms with Crippen LogP contribution in [0.25, 0.3) is 0 Å². The molecule has 0 bridgehead atoms. The van der Waals surface area contributed by atoms with Crippen LogP contribution in [-0.4, -0.2) is 51.9 Å². The van der Waals surface area contributed by atoms with E-state index < -0.39 is 58.9 Å². The molecule has 1 aliphatic heterocycles. The van der Waals surface area contributed by atoms with E-state index in [0.717, 1.165) is 16.7 Å². The molecule has 2 aromatic carbocycles. The Morgan fingerprint density at radius 1 is 1.14 bits per heavy atom. The Labute approximate surface area is 256 Å². The highest BCUT2D eigenvalue weighted by molar-refractivity contribution is 6.01. The first-order valence-corrected chi connectivity index (χ1v) is 15.6. The number of fused-ring (bicyclic) bond motifs is 7. The van der Waals surface area contributed by atoms with Gasteiger partial charge in [-0.05, 0) is 73.9 Å². The van der Waals surface area contributed by atoms with Crippen molar-refractivity contribution < 1.29 is 33.7 Å². The summed E-state index contributed by atoms with van der Waals surface area (Å²) in [5.74, 6) is -1.51. The number of benzene rings is 2. The lowest BCUT2D eigenvalue weighted by Gasteiger charge is -2.62. The number of rotatable bonds is 5. The van der Waals surface area contributed by atoms with Gasteiger partial charge in [0.2, 0.25) is 0 Å². The zero-order valence-corrected chi connectivity index (χ0v) is 25.3. The average Bonchev–Trinajstić information content (AvgIpc) is 3.51. The van der Waals surface area contributed by atoms with E-state index in [1.807, 2.05) is 55.5 Å². The van der Waals surface area contributed by atoms with Crippen LogP contribution in [0.2, 0.25) is 0 Å². The normalized spacial score (nSPS) is 41.3. The zero-order valence-electron chi connectivity index (χ0n) is 25.3. The minimum absolute atomic E-state index is 0.0374. The predicted molar refractivity (Wildman–Crippen MR) is 162 cm³/mol. The van der Waals surface area contributed by atoms with Crippen molar-refractivity contribution in [3.05, 3.63) is 89.0 Å². The van der Waals surface area contributed by atoms with Crippen LogP contribution in [-0.2, 0) is 19.1 Å². The molecule has 4 N–H and O–H groups in total. The third-order valence-corrected chi connectivity index (χ3v) is 12.1. The molecular weight excluding hydrogens is 561 g/mol. The van der Waals surface area contributed by atoms with Crippen LogP contribution in [0.3, 0.4) is 0 Å². The Morgan fingerprint density at radius 3 is 2.59 bits per heavy atom. The summed E-state index contributed by atoms with van der Waals surface area (Å²) < 4.78 is 30.7. The van der Waals surface area contributed by atoms with Crippen LogP contribution in [0.1, 0.15) is 75.4 Å². The number of aliphatic hydroxyl groups is 2. The number of ketones is 2. The number of allylic oxidation sites excluding steroid dienone is 4. The average molecular weight is 602 g/mol. The molecule has 0 amide bonds. The fraction of sp³-hybridized carbons (Fsp3) is 0.500. The van der Waals surface area contributed by atoms with E-state index >= 15 is 4.39 Å². The fourth-order valence-electron chi connectivity index (χ4n) is 9.68. The monoisotopic (exact) mass is 601 g/mol. The lowest BCUT2D eigenvalue weighted by atomic mass is 9.44. The van der Waals surface area contributed by atoms with Crippen molar-refractivity contribution in [3.63, 3.8) is 0 Å². The van der Waals surface area contributed by atoms with Crippen molar-refractivity contribution >= 4 is 17.3 Å². The van der Waals surface area contributed by atoms with Gasteiger partial charge in [0.05, 0.1) is 12.2 Å². The van der Waals surface area contributed by atoms with Gasteiger partial charge in [0.25, 0.3) is 0 Å². The standard InChI is InChI=1S/C36H40FNO6/c1-20(23-5-4-6-25(38)15-23)21-7-9-22(10-8-21)32-43-31-17-28-27-12-11-24-16-26(40)13-14-33(24,2)35(27,37)29(41)18-34(28,3)36(31,44-32)30(42)19-39/h4-10,13-16,20,27-29,31-32,39,41H,11-12,17-19,38H2,1-3H3/t20-,27+,28+,29+,31-,32-,33+,34+,35+,36-/m1/s1. The van der Waals surface area contributed by atoms with Crippen molar-refractivity contribution in [2.45, 2.75) is 82.1 Å². The maximum Gasteiger partial charge on any atom is 0.193 e. The smallest absolute Gasteiger partial charge is 0.193 e. The summed E-state index contributed by atoms with van der Waals surface area (Å²) in [5.41, 5.74) is 4.62. The van der Waals surface area contributed by atoms with Crippen LogP contribution in [0, 0.1) is 22.7 Å². The van der Waals surface area contributed by atoms with Crippen LogP contribution >= 0.6 is 0 Å². The molecular formula is C36H40FNO6. The molecule has 2 aromatic rings. The minimum atomic E-state index is -2.03. The molecule has 1 heterocycles. The van der Waals surface area contributed by atoms with Crippen molar-refractivity contribution in [1.29, 1.82) is 0 Å². The van der Waals surface area contributed by atoms with Crippen molar-refractivity contribution in [3.8, 4) is 0 Å². The molecule has 44 heavy (non-hydrogen) atoms. The van der Waals surface area contributed by atoms with E-state index in [4.69, 9.17) is 15.2 Å². The van der Waals surface area contributed by atoms with Gasteiger partial charge in [0.1, 0.15) is 6.61 Å². The van der Waals surface area contributed by atoms with Crippen molar-refractivity contribution in [2.24, 2.45) is 22.7 Å². The molecule has 4 aliphatic carbocycles. The molecule has 7 rings (SSSR count). The lowest BCUT2D eigenvalue weighted by molar-refractivity contribution is -0.231. The quantitative estimate of drug-likeness (QED) is 0.408. The molecule has 0 spiro atoms. The van der Waals surface area contributed by atoms with Gasteiger partial charge in [-0.3, -0.25) is 9.59 Å². The number of carbonyl (C=O) groups excluding carboxylic acids is 2. The first-order valence-electron chi connectivity index (χ1n) is 15.6. The zero-order chi connectivity index (χ0) is 31.2. The van der Waals surface area contributed by atoms with Crippen LogP contribution in [0.15, 0.2) is 72.3 Å². The van der Waals surface area contributed by atoms with Crippen LogP contribution in [0.5, 0.6) is 0 Å². The Hall–Kier alpha value is -3.17. The molecule has 232 valence electrons. The summed E-state index contributed by atoms with van der Waals surface area (Å²) in [6.07, 6.45) is 2.82. The SMILES string of the molecule is C[C@H](c1ccc([C@@H]2O[C@@H]3C[C@H]4[C@@H]5CCC6=CC(=O)C=C[C@]6(C)[C@@]5(F)[C@@H](O)C[C@]4(C)[C@]3(C(=O)CO)O2)cc1)c1cccc(N)c1. The van der Waals surface area contributed by atoms with Gasteiger partial charge in [-0.2, -0.15) is 0 Å². The number of carbonyl (C=O) groups is 2. The molecule has 0 unspecified atom stereocenters. The number of ether oxygens (including phenoxy) is 2. The second-order valence-electron chi connectivity index (χ2n) is 14.0.